The van der Waals surface area contributed by atoms with E-state index in [0.29, 0.717) is 6.54 Å². The van der Waals surface area contributed by atoms with Crippen LogP contribution in [0.5, 0.6) is 0 Å². The van der Waals surface area contributed by atoms with Crippen molar-refractivity contribution in [3.05, 3.63) is 0 Å². The number of primary amides is 1. The molecule has 0 aliphatic carbocycles. The number of hydrogen-bond acceptors (Lipinski definition) is 3. The Balaban J connectivity index is 2.23. The maximum atomic E-state index is 10.8. The summed E-state index contributed by atoms with van der Waals surface area (Å²) < 4.78 is 0. The van der Waals surface area contributed by atoms with Crippen LogP contribution in [0, 0.1) is 5.92 Å². The van der Waals surface area contributed by atoms with E-state index >= 15 is 0 Å². The molecular weight excluding hydrogens is 202 g/mol. The van der Waals surface area contributed by atoms with Crippen LogP contribution in [0.3, 0.4) is 0 Å². The zero-order valence-electron chi connectivity index (χ0n) is 10.6. The quantitative estimate of drug-likeness (QED) is 0.720. The minimum Gasteiger partial charge on any atom is -0.369 e. The minimum absolute atomic E-state index is 0.214. The van der Waals surface area contributed by atoms with E-state index in [4.69, 9.17) is 5.73 Å². The van der Waals surface area contributed by atoms with Gasteiger partial charge < -0.3 is 10.6 Å². The van der Waals surface area contributed by atoms with Gasteiger partial charge in [0.1, 0.15) is 0 Å². The standard InChI is InChI=1S/C12H25N3O/c1-3-11(4-2)9-14-5-7-15(8-6-14)10-12(13)16/h11H,3-10H2,1-2H3,(H2,13,16). The molecular formula is C12H25N3O. The smallest absolute Gasteiger partial charge is 0.231 e. The van der Waals surface area contributed by atoms with E-state index in [-0.39, 0.29) is 5.91 Å². The van der Waals surface area contributed by atoms with Crippen LogP contribution < -0.4 is 5.73 Å². The number of rotatable bonds is 6. The van der Waals surface area contributed by atoms with Crippen LogP contribution in [0.4, 0.5) is 0 Å². The van der Waals surface area contributed by atoms with Gasteiger partial charge >= 0.3 is 0 Å². The molecule has 1 fully saturated rings. The number of nitrogens with two attached hydrogens (primary N) is 1. The van der Waals surface area contributed by atoms with Crippen molar-refractivity contribution in [2.24, 2.45) is 11.7 Å². The van der Waals surface area contributed by atoms with Gasteiger partial charge in [0.2, 0.25) is 5.91 Å². The van der Waals surface area contributed by atoms with Gasteiger partial charge in [-0.25, -0.2) is 0 Å². The summed E-state index contributed by atoms with van der Waals surface area (Å²) in [6.07, 6.45) is 2.52. The molecule has 1 aliphatic rings. The van der Waals surface area contributed by atoms with Gasteiger partial charge in [-0.05, 0) is 5.92 Å². The molecule has 0 bridgehead atoms. The van der Waals surface area contributed by atoms with Crippen molar-refractivity contribution in [3.63, 3.8) is 0 Å². The second-order valence-corrected chi connectivity index (χ2v) is 4.73. The SMILES string of the molecule is CCC(CC)CN1CCN(CC(N)=O)CC1. The van der Waals surface area contributed by atoms with Gasteiger partial charge in [0.15, 0.2) is 0 Å². The molecule has 0 aromatic rings. The molecule has 16 heavy (non-hydrogen) atoms. The van der Waals surface area contributed by atoms with E-state index in [2.05, 4.69) is 23.6 Å². The fraction of sp³-hybridized carbons (Fsp3) is 0.917. The average Bonchev–Trinajstić information content (AvgIpc) is 2.27. The number of nitrogens with zero attached hydrogens (tertiary/aromatic N) is 2. The molecule has 0 unspecified atom stereocenters. The lowest BCUT2D eigenvalue weighted by Gasteiger charge is -2.35. The van der Waals surface area contributed by atoms with Crippen molar-refractivity contribution in [3.8, 4) is 0 Å². The number of amides is 1. The Bertz CT molecular complexity index is 208. The van der Waals surface area contributed by atoms with Crippen molar-refractivity contribution >= 4 is 5.91 Å². The van der Waals surface area contributed by atoms with E-state index in [1.54, 1.807) is 0 Å². The predicted octanol–water partition coefficient (Wildman–Crippen LogP) is 0.526. The van der Waals surface area contributed by atoms with Crippen LogP contribution in [-0.2, 0) is 4.79 Å². The first-order valence-corrected chi connectivity index (χ1v) is 6.38. The van der Waals surface area contributed by atoms with Crippen molar-refractivity contribution in [1.29, 1.82) is 0 Å². The van der Waals surface area contributed by atoms with Crippen LogP contribution in [0.25, 0.3) is 0 Å². The zero-order valence-corrected chi connectivity index (χ0v) is 10.6. The highest BCUT2D eigenvalue weighted by atomic mass is 16.1. The summed E-state index contributed by atoms with van der Waals surface area (Å²) in [6.45, 7) is 10.2. The van der Waals surface area contributed by atoms with Gasteiger partial charge in [-0.2, -0.15) is 0 Å². The Morgan fingerprint density at radius 1 is 1.12 bits per heavy atom. The summed E-state index contributed by atoms with van der Waals surface area (Å²) in [5, 5.41) is 0. The summed E-state index contributed by atoms with van der Waals surface area (Å²) in [5.74, 6) is 0.608. The summed E-state index contributed by atoms with van der Waals surface area (Å²) >= 11 is 0. The largest absolute Gasteiger partial charge is 0.369 e. The molecule has 0 radical (unpaired) electrons. The molecule has 1 saturated heterocycles. The van der Waals surface area contributed by atoms with Crippen LogP contribution in [0.15, 0.2) is 0 Å². The Morgan fingerprint density at radius 2 is 1.62 bits per heavy atom. The van der Waals surface area contributed by atoms with E-state index in [1.165, 1.54) is 19.4 Å². The van der Waals surface area contributed by atoms with Crippen LogP contribution in [0.2, 0.25) is 0 Å². The van der Waals surface area contributed by atoms with Gasteiger partial charge in [-0.15, -0.1) is 0 Å². The highest BCUT2D eigenvalue weighted by Crippen LogP contribution is 2.11. The molecule has 1 rings (SSSR count). The molecule has 94 valence electrons. The molecule has 4 nitrogen and oxygen atoms in total. The van der Waals surface area contributed by atoms with Gasteiger partial charge in [0.05, 0.1) is 6.54 Å². The van der Waals surface area contributed by atoms with Crippen molar-refractivity contribution in [1.82, 2.24) is 9.80 Å². The molecule has 0 aromatic carbocycles. The number of hydrogen-bond donors (Lipinski definition) is 1. The third-order valence-corrected chi connectivity index (χ3v) is 3.52. The van der Waals surface area contributed by atoms with E-state index in [9.17, 15) is 4.79 Å². The van der Waals surface area contributed by atoms with Crippen LogP contribution >= 0.6 is 0 Å². The molecule has 1 aliphatic heterocycles. The van der Waals surface area contributed by atoms with Crippen molar-refractivity contribution in [2.45, 2.75) is 26.7 Å². The van der Waals surface area contributed by atoms with Crippen molar-refractivity contribution < 1.29 is 4.79 Å². The molecule has 0 aromatic heterocycles. The Hall–Kier alpha value is -0.610. The predicted molar refractivity (Wildman–Crippen MR) is 66.1 cm³/mol. The van der Waals surface area contributed by atoms with Crippen molar-refractivity contribution in [2.75, 3.05) is 39.3 Å². The third-order valence-electron chi connectivity index (χ3n) is 3.52. The maximum absolute atomic E-state index is 10.8. The first-order valence-electron chi connectivity index (χ1n) is 6.38. The summed E-state index contributed by atoms with van der Waals surface area (Å²) in [6, 6.07) is 0. The second kappa shape index (κ2) is 6.86. The third kappa shape index (κ3) is 4.49. The van der Waals surface area contributed by atoms with E-state index in [1.807, 2.05) is 0 Å². The molecule has 0 spiro atoms. The maximum Gasteiger partial charge on any atom is 0.231 e. The van der Waals surface area contributed by atoms with E-state index in [0.717, 1.165) is 32.1 Å². The summed E-state index contributed by atoms with van der Waals surface area (Å²) in [4.78, 5) is 15.4. The number of carbonyl (C=O) groups is 1. The monoisotopic (exact) mass is 227 g/mol. The lowest BCUT2D eigenvalue weighted by atomic mass is 10.0. The molecule has 1 amide bonds. The number of carbonyl (C=O) groups excluding carboxylic acids is 1. The highest BCUT2D eigenvalue weighted by Gasteiger charge is 2.19. The zero-order chi connectivity index (χ0) is 12.0. The second-order valence-electron chi connectivity index (χ2n) is 4.73. The number of piperazine rings is 1. The molecule has 1 heterocycles. The Morgan fingerprint density at radius 3 is 2.06 bits per heavy atom. The fourth-order valence-electron chi connectivity index (χ4n) is 2.26. The molecule has 4 heteroatoms. The molecule has 0 saturated carbocycles. The summed E-state index contributed by atoms with van der Waals surface area (Å²) in [7, 11) is 0. The van der Waals surface area contributed by atoms with Gasteiger partial charge in [0, 0.05) is 32.7 Å². The lowest BCUT2D eigenvalue weighted by molar-refractivity contribution is -0.119. The Labute approximate surface area is 98.8 Å². The van der Waals surface area contributed by atoms with E-state index < -0.39 is 0 Å². The summed E-state index contributed by atoms with van der Waals surface area (Å²) in [5.41, 5.74) is 5.19. The highest BCUT2D eigenvalue weighted by molar-refractivity contribution is 5.75. The minimum atomic E-state index is -0.214. The average molecular weight is 227 g/mol. The lowest BCUT2D eigenvalue weighted by Crippen LogP contribution is -2.49. The first-order chi connectivity index (χ1) is 7.65. The van der Waals surface area contributed by atoms with Gasteiger partial charge in [-0.3, -0.25) is 9.69 Å². The van der Waals surface area contributed by atoms with Gasteiger partial charge in [0.25, 0.3) is 0 Å². The first kappa shape index (κ1) is 13.5. The fourth-order valence-corrected chi connectivity index (χ4v) is 2.26. The van der Waals surface area contributed by atoms with Gasteiger partial charge in [-0.1, -0.05) is 26.7 Å². The normalized spacial score (nSPS) is 19.2. The van der Waals surface area contributed by atoms with Crippen LogP contribution in [0.1, 0.15) is 26.7 Å². The Kier molecular flexibility index (Phi) is 5.77. The topological polar surface area (TPSA) is 49.6 Å². The molecule has 2 N–H and O–H groups in total. The van der Waals surface area contributed by atoms with Crippen LogP contribution in [-0.4, -0.2) is 55.0 Å². The molecule has 0 atom stereocenters.